The van der Waals surface area contributed by atoms with Crippen molar-refractivity contribution in [3.8, 4) is 0 Å². The minimum Gasteiger partial charge on any atom is -0.480 e. The van der Waals surface area contributed by atoms with Crippen molar-refractivity contribution in [2.75, 3.05) is 26.2 Å². The lowest BCUT2D eigenvalue weighted by atomic mass is 10.2. The van der Waals surface area contributed by atoms with Crippen LogP contribution in [0.25, 0.3) is 0 Å². The van der Waals surface area contributed by atoms with E-state index < -0.39 is 12.0 Å². The molecule has 0 bridgehead atoms. The van der Waals surface area contributed by atoms with Gasteiger partial charge in [-0.1, -0.05) is 0 Å². The molecule has 2 aromatic rings. The summed E-state index contributed by atoms with van der Waals surface area (Å²) in [7, 11) is 1.92. The lowest BCUT2D eigenvalue weighted by Crippen LogP contribution is -2.48. The fourth-order valence-corrected chi connectivity index (χ4v) is 3.11. The Morgan fingerprint density at radius 1 is 1.23 bits per heavy atom. The lowest BCUT2D eigenvalue weighted by molar-refractivity contribution is -0.140. The first-order valence-electron chi connectivity index (χ1n) is 8.63. The molecule has 26 heavy (non-hydrogen) atoms. The summed E-state index contributed by atoms with van der Waals surface area (Å²) in [5.74, 6) is -1.09. The molecule has 0 saturated carbocycles. The van der Waals surface area contributed by atoms with E-state index >= 15 is 0 Å². The van der Waals surface area contributed by atoms with Crippen LogP contribution in [0.4, 0.5) is 0 Å². The number of piperazine rings is 1. The summed E-state index contributed by atoms with van der Waals surface area (Å²) in [5, 5.41) is 17.4. The number of aliphatic carboxylic acids is 1. The third kappa shape index (κ3) is 3.77. The summed E-state index contributed by atoms with van der Waals surface area (Å²) in [4.78, 5) is 27.7. The van der Waals surface area contributed by atoms with Crippen LogP contribution in [-0.4, -0.2) is 72.5 Å². The molecule has 1 amide bonds. The molecule has 9 nitrogen and oxygen atoms in total. The molecule has 1 unspecified atom stereocenters. The number of amides is 1. The Hall–Kier alpha value is -2.68. The number of carbonyl (C=O) groups excluding carboxylic acids is 1. The molecule has 1 aliphatic rings. The van der Waals surface area contributed by atoms with Crippen LogP contribution in [0, 0.1) is 6.92 Å². The van der Waals surface area contributed by atoms with Gasteiger partial charge in [0.25, 0.3) is 5.91 Å². The maximum atomic E-state index is 12.6. The highest BCUT2D eigenvalue weighted by atomic mass is 16.4. The molecule has 1 aliphatic heterocycles. The Morgan fingerprint density at radius 3 is 2.50 bits per heavy atom. The monoisotopic (exact) mass is 360 g/mol. The number of carboxylic acid groups (broad SMARTS) is 1. The van der Waals surface area contributed by atoms with Crippen LogP contribution in [0.3, 0.4) is 0 Å². The van der Waals surface area contributed by atoms with Crippen LogP contribution < -0.4 is 0 Å². The molecular weight excluding hydrogens is 336 g/mol. The van der Waals surface area contributed by atoms with E-state index in [4.69, 9.17) is 5.11 Å². The first kappa shape index (κ1) is 18.1. The summed E-state index contributed by atoms with van der Waals surface area (Å²) in [6, 6.07) is -0.795. The molecule has 140 valence electrons. The lowest BCUT2D eigenvalue weighted by Gasteiger charge is -2.34. The number of hydrogen-bond acceptors (Lipinski definition) is 5. The summed E-state index contributed by atoms with van der Waals surface area (Å²) in [5.41, 5.74) is 2.66. The molecule has 3 heterocycles. The molecule has 0 aromatic carbocycles. The van der Waals surface area contributed by atoms with Crippen molar-refractivity contribution >= 4 is 11.9 Å². The normalized spacial score (nSPS) is 16.7. The van der Waals surface area contributed by atoms with Gasteiger partial charge in [0, 0.05) is 57.7 Å². The van der Waals surface area contributed by atoms with Crippen LogP contribution in [-0.2, 0) is 18.4 Å². The van der Waals surface area contributed by atoms with E-state index in [1.165, 1.54) is 29.6 Å². The summed E-state index contributed by atoms with van der Waals surface area (Å²) in [6.07, 6.45) is 4.98. The van der Waals surface area contributed by atoms with Crippen LogP contribution >= 0.6 is 0 Å². The van der Waals surface area contributed by atoms with Gasteiger partial charge >= 0.3 is 5.97 Å². The van der Waals surface area contributed by atoms with E-state index in [-0.39, 0.29) is 5.91 Å². The second-order valence-corrected chi connectivity index (χ2v) is 6.70. The highest BCUT2D eigenvalue weighted by Gasteiger charge is 2.24. The predicted octanol–water partition coefficient (Wildman–Crippen LogP) is 0.529. The number of aromatic nitrogens is 4. The standard InChI is InChI=1S/C17H24N6O3/c1-12-15(9-20(3)19-12)10-21-4-6-22(7-5-21)16(24)14-8-18-23(11-14)13(2)17(25)26/h8-9,11,13H,4-7,10H2,1-3H3,(H,25,26). The minimum absolute atomic E-state index is 0.106. The van der Waals surface area contributed by atoms with Crippen molar-refractivity contribution < 1.29 is 14.7 Å². The number of hydrogen-bond donors (Lipinski definition) is 1. The molecule has 1 fully saturated rings. The number of nitrogens with zero attached hydrogens (tertiary/aromatic N) is 6. The van der Waals surface area contributed by atoms with Gasteiger partial charge in [0.15, 0.2) is 0 Å². The number of carboxylic acids is 1. The highest BCUT2D eigenvalue weighted by molar-refractivity contribution is 5.93. The number of aryl methyl sites for hydroxylation is 2. The molecule has 0 radical (unpaired) electrons. The van der Waals surface area contributed by atoms with Gasteiger partial charge in [-0.3, -0.25) is 19.1 Å². The zero-order chi connectivity index (χ0) is 18.8. The SMILES string of the molecule is Cc1nn(C)cc1CN1CCN(C(=O)c2cnn(C(C)C(=O)O)c2)CC1. The average molecular weight is 360 g/mol. The number of carbonyl (C=O) groups is 2. The summed E-state index contributed by atoms with van der Waals surface area (Å²) < 4.78 is 3.12. The van der Waals surface area contributed by atoms with E-state index in [2.05, 4.69) is 15.1 Å². The van der Waals surface area contributed by atoms with E-state index in [1.807, 2.05) is 24.9 Å². The second kappa shape index (κ2) is 7.28. The molecule has 1 saturated heterocycles. The quantitative estimate of drug-likeness (QED) is 0.835. The van der Waals surface area contributed by atoms with Crippen molar-refractivity contribution in [1.82, 2.24) is 29.4 Å². The van der Waals surface area contributed by atoms with E-state index in [1.54, 1.807) is 4.90 Å². The molecule has 3 rings (SSSR count). The minimum atomic E-state index is -0.980. The van der Waals surface area contributed by atoms with Gasteiger partial charge in [0.1, 0.15) is 6.04 Å². The third-order valence-corrected chi connectivity index (χ3v) is 4.77. The van der Waals surface area contributed by atoms with Gasteiger partial charge in [-0.05, 0) is 13.8 Å². The van der Waals surface area contributed by atoms with Gasteiger partial charge in [0.05, 0.1) is 17.5 Å². The topological polar surface area (TPSA) is 96.5 Å². The highest BCUT2D eigenvalue weighted by Crippen LogP contribution is 2.14. The van der Waals surface area contributed by atoms with Crippen molar-refractivity contribution in [2.24, 2.45) is 7.05 Å². The van der Waals surface area contributed by atoms with Gasteiger partial charge in [-0.25, -0.2) is 4.79 Å². The van der Waals surface area contributed by atoms with Gasteiger partial charge in [0.2, 0.25) is 0 Å². The summed E-state index contributed by atoms with van der Waals surface area (Å²) >= 11 is 0. The van der Waals surface area contributed by atoms with Gasteiger partial charge < -0.3 is 10.0 Å². The fourth-order valence-electron chi connectivity index (χ4n) is 3.11. The predicted molar refractivity (Wildman–Crippen MR) is 93.7 cm³/mol. The van der Waals surface area contributed by atoms with Crippen molar-refractivity contribution in [1.29, 1.82) is 0 Å². The van der Waals surface area contributed by atoms with E-state index in [9.17, 15) is 9.59 Å². The Balaban J connectivity index is 1.57. The first-order valence-corrected chi connectivity index (χ1v) is 8.63. The van der Waals surface area contributed by atoms with Crippen LogP contribution in [0.1, 0.15) is 34.6 Å². The van der Waals surface area contributed by atoms with E-state index in [0.717, 1.165) is 25.3 Å². The first-order chi connectivity index (χ1) is 12.3. The van der Waals surface area contributed by atoms with Gasteiger partial charge in [-0.2, -0.15) is 10.2 Å². The summed E-state index contributed by atoms with van der Waals surface area (Å²) in [6.45, 7) is 7.22. The third-order valence-electron chi connectivity index (χ3n) is 4.77. The smallest absolute Gasteiger partial charge is 0.328 e. The Labute approximate surface area is 151 Å². The zero-order valence-electron chi connectivity index (χ0n) is 15.3. The maximum absolute atomic E-state index is 12.6. The second-order valence-electron chi connectivity index (χ2n) is 6.70. The Morgan fingerprint density at radius 2 is 1.92 bits per heavy atom. The van der Waals surface area contributed by atoms with Crippen LogP contribution in [0.2, 0.25) is 0 Å². The van der Waals surface area contributed by atoms with Gasteiger partial charge in [-0.15, -0.1) is 0 Å². The molecule has 0 aliphatic carbocycles. The Bertz CT molecular complexity index is 803. The molecule has 1 atom stereocenters. The van der Waals surface area contributed by atoms with Crippen molar-refractivity contribution in [3.63, 3.8) is 0 Å². The molecule has 1 N–H and O–H groups in total. The molecule has 0 spiro atoms. The molecular formula is C17H24N6O3. The molecule has 9 heteroatoms. The van der Waals surface area contributed by atoms with Crippen molar-refractivity contribution in [3.05, 3.63) is 35.4 Å². The molecule has 2 aromatic heterocycles. The van der Waals surface area contributed by atoms with Crippen LogP contribution in [0.5, 0.6) is 0 Å². The maximum Gasteiger partial charge on any atom is 0.328 e. The van der Waals surface area contributed by atoms with E-state index in [0.29, 0.717) is 18.7 Å². The van der Waals surface area contributed by atoms with Crippen LogP contribution in [0.15, 0.2) is 18.6 Å². The average Bonchev–Trinajstić information content (AvgIpc) is 3.21. The number of rotatable bonds is 5. The zero-order valence-corrected chi connectivity index (χ0v) is 15.3. The van der Waals surface area contributed by atoms with Crippen molar-refractivity contribution in [2.45, 2.75) is 26.4 Å². The largest absolute Gasteiger partial charge is 0.480 e. The fraction of sp³-hybridized carbons (Fsp3) is 0.529. The Kier molecular flexibility index (Phi) is 5.08.